The Labute approximate surface area is 181 Å². The average molecular weight is 483 g/mol. The van der Waals surface area contributed by atoms with E-state index in [4.69, 9.17) is 4.74 Å². The Morgan fingerprint density at radius 2 is 1.76 bits per heavy atom. The number of nitrogens with zero attached hydrogens (tertiary/aromatic N) is 1. The number of sulfonamides is 1. The maximum absolute atomic E-state index is 12.5. The molecule has 2 aromatic carbocycles. The van der Waals surface area contributed by atoms with Crippen molar-refractivity contribution in [1.29, 1.82) is 0 Å². The molecule has 0 heterocycles. The molecule has 0 aliphatic rings. The van der Waals surface area contributed by atoms with Gasteiger partial charge in [-0.25, -0.2) is 12.7 Å². The van der Waals surface area contributed by atoms with Crippen molar-refractivity contribution >= 4 is 37.5 Å². The molecule has 0 radical (unpaired) electrons. The van der Waals surface area contributed by atoms with Crippen LogP contribution in [0.5, 0.6) is 5.75 Å². The number of carbonyl (C=O) groups excluding carboxylic acids is 1. The number of hydrogen-bond acceptors (Lipinski definition) is 4. The molecule has 8 heteroatoms. The molecular formula is C21H27BrN2O4S. The van der Waals surface area contributed by atoms with Crippen LogP contribution in [-0.2, 0) is 10.0 Å². The lowest BCUT2D eigenvalue weighted by atomic mass is 10.2. The molecule has 0 saturated carbocycles. The fraction of sp³-hybridized carbons (Fsp3) is 0.381. The zero-order valence-electron chi connectivity index (χ0n) is 16.9. The molecule has 0 atom stereocenters. The van der Waals surface area contributed by atoms with Crippen LogP contribution in [-0.4, -0.2) is 39.3 Å². The van der Waals surface area contributed by atoms with Gasteiger partial charge in [-0.1, -0.05) is 26.2 Å². The van der Waals surface area contributed by atoms with E-state index in [0.717, 1.165) is 17.1 Å². The van der Waals surface area contributed by atoms with E-state index in [2.05, 4.69) is 28.2 Å². The summed E-state index contributed by atoms with van der Waals surface area (Å²) in [5.74, 6) is 0.416. The predicted octanol–water partition coefficient (Wildman–Crippen LogP) is 4.91. The van der Waals surface area contributed by atoms with Gasteiger partial charge in [-0.15, -0.1) is 0 Å². The SMILES string of the molecule is CCCCCCOc1ccc(C(=O)Nc2ccc(S(=O)(=O)N(C)C)cc2)cc1Br. The Kier molecular flexibility index (Phi) is 8.67. The highest BCUT2D eigenvalue weighted by Gasteiger charge is 2.17. The fourth-order valence-electron chi connectivity index (χ4n) is 2.59. The quantitative estimate of drug-likeness (QED) is 0.488. The van der Waals surface area contributed by atoms with E-state index >= 15 is 0 Å². The van der Waals surface area contributed by atoms with Crippen LogP contribution < -0.4 is 10.1 Å². The highest BCUT2D eigenvalue weighted by atomic mass is 79.9. The van der Waals surface area contributed by atoms with E-state index in [1.165, 1.54) is 39.1 Å². The van der Waals surface area contributed by atoms with Crippen LogP contribution in [0.1, 0.15) is 43.0 Å². The molecule has 158 valence electrons. The molecule has 1 amide bonds. The first-order chi connectivity index (χ1) is 13.8. The van der Waals surface area contributed by atoms with Crippen molar-refractivity contribution in [3.63, 3.8) is 0 Å². The van der Waals surface area contributed by atoms with Crippen LogP contribution in [0.3, 0.4) is 0 Å². The lowest BCUT2D eigenvalue weighted by Crippen LogP contribution is -2.22. The third-order valence-electron chi connectivity index (χ3n) is 4.34. The van der Waals surface area contributed by atoms with Gasteiger partial charge in [-0.3, -0.25) is 4.79 Å². The highest BCUT2D eigenvalue weighted by molar-refractivity contribution is 9.10. The van der Waals surface area contributed by atoms with Crippen LogP contribution in [0.2, 0.25) is 0 Å². The van der Waals surface area contributed by atoms with Crippen LogP contribution >= 0.6 is 15.9 Å². The minimum absolute atomic E-state index is 0.170. The number of benzene rings is 2. The maximum atomic E-state index is 12.5. The highest BCUT2D eigenvalue weighted by Crippen LogP contribution is 2.27. The van der Waals surface area contributed by atoms with Gasteiger partial charge in [-0.05, 0) is 64.8 Å². The first-order valence-electron chi connectivity index (χ1n) is 9.52. The van der Waals surface area contributed by atoms with E-state index in [9.17, 15) is 13.2 Å². The van der Waals surface area contributed by atoms with Crippen LogP contribution in [0.15, 0.2) is 51.8 Å². The van der Waals surface area contributed by atoms with E-state index in [1.807, 2.05) is 0 Å². The number of carbonyl (C=O) groups is 1. The van der Waals surface area contributed by atoms with Crippen molar-refractivity contribution in [3.05, 3.63) is 52.5 Å². The largest absolute Gasteiger partial charge is 0.492 e. The topological polar surface area (TPSA) is 75.7 Å². The lowest BCUT2D eigenvalue weighted by molar-refractivity contribution is 0.102. The molecule has 0 aliphatic carbocycles. The molecule has 0 unspecified atom stereocenters. The number of amides is 1. The zero-order valence-corrected chi connectivity index (χ0v) is 19.3. The minimum atomic E-state index is -3.50. The normalized spacial score (nSPS) is 11.5. The molecule has 29 heavy (non-hydrogen) atoms. The number of hydrogen-bond donors (Lipinski definition) is 1. The van der Waals surface area contributed by atoms with E-state index < -0.39 is 10.0 Å². The number of anilines is 1. The summed E-state index contributed by atoms with van der Waals surface area (Å²) in [6, 6.07) is 11.3. The Morgan fingerprint density at radius 1 is 1.07 bits per heavy atom. The third kappa shape index (κ3) is 6.55. The van der Waals surface area contributed by atoms with Gasteiger partial charge in [0.2, 0.25) is 10.0 Å². The summed E-state index contributed by atoms with van der Waals surface area (Å²) < 4.78 is 31.8. The summed E-state index contributed by atoms with van der Waals surface area (Å²) in [6.07, 6.45) is 4.53. The molecule has 2 aromatic rings. The van der Waals surface area contributed by atoms with Gasteiger partial charge in [0.1, 0.15) is 5.75 Å². The average Bonchev–Trinajstić information content (AvgIpc) is 2.69. The number of rotatable bonds is 10. The Hall–Kier alpha value is -1.90. The second-order valence-corrected chi connectivity index (χ2v) is 9.83. The minimum Gasteiger partial charge on any atom is -0.492 e. The first kappa shape index (κ1) is 23.4. The summed E-state index contributed by atoms with van der Waals surface area (Å²) in [6.45, 7) is 2.81. The molecule has 0 saturated heterocycles. The number of halogens is 1. The second kappa shape index (κ2) is 10.8. The van der Waals surface area contributed by atoms with Gasteiger partial charge in [0, 0.05) is 25.3 Å². The summed E-state index contributed by atoms with van der Waals surface area (Å²) in [5.41, 5.74) is 0.986. The summed E-state index contributed by atoms with van der Waals surface area (Å²) in [4.78, 5) is 12.7. The molecular weight excluding hydrogens is 456 g/mol. The van der Waals surface area contributed by atoms with Gasteiger partial charge in [-0.2, -0.15) is 0 Å². The van der Waals surface area contributed by atoms with Crippen LogP contribution in [0, 0.1) is 0 Å². The standard InChI is InChI=1S/C21H27BrN2O4S/c1-4-5-6-7-14-28-20-13-8-16(15-19(20)22)21(25)23-17-9-11-18(12-10-17)29(26,27)24(2)3/h8-13,15H,4-7,14H2,1-3H3,(H,23,25). The number of ether oxygens (including phenoxy) is 1. The lowest BCUT2D eigenvalue weighted by Gasteiger charge is -2.12. The van der Waals surface area contributed by atoms with E-state index in [-0.39, 0.29) is 10.8 Å². The van der Waals surface area contributed by atoms with Gasteiger partial charge >= 0.3 is 0 Å². The fourth-order valence-corrected chi connectivity index (χ4v) is 3.99. The molecule has 0 bridgehead atoms. The third-order valence-corrected chi connectivity index (χ3v) is 6.79. The molecule has 6 nitrogen and oxygen atoms in total. The van der Waals surface area contributed by atoms with Crippen molar-refractivity contribution in [2.24, 2.45) is 0 Å². The van der Waals surface area contributed by atoms with Gasteiger partial charge in [0.05, 0.1) is 16.0 Å². The van der Waals surface area contributed by atoms with Crippen molar-refractivity contribution < 1.29 is 17.9 Å². The van der Waals surface area contributed by atoms with Gasteiger partial charge in [0.15, 0.2) is 0 Å². The number of unbranched alkanes of at least 4 members (excludes halogenated alkanes) is 3. The van der Waals surface area contributed by atoms with Gasteiger partial charge < -0.3 is 10.1 Å². The Bertz CT molecular complexity index is 928. The predicted molar refractivity (Wildman–Crippen MR) is 119 cm³/mol. The summed E-state index contributed by atoms with van der Waals surface area (Å²) in [5, 5.41) is 2.77. The van der Waals surface area contributed by atoms with Crippen molar-refractivity contribution in [2.75, 3.05) is 26.0 Å². The van der Waals surface area contributed by atoms with E-state index in [0.29, 0.717) is 28.1 Å². The monoisotopic (exact) mass is 482 g/mol. The maximum Gasteiger partial charge on any atom is 0.255 e. The van der Waals surface area contributed by atoms with Crippen molar-refractivity contribution in [1.82, 2.24) is 4.31 Å². The Balaban J connectivity index is 1.99. The van der Waals surface area contributed by atoms with Gasteiger partial charge in [0.25, 0.3) is 5.91 Å². The summed E-state index contributed by atoms with van der Waals surface area (Å²) in [7, 11) is -0.550. The van der Waals surface area contributed by atoms with Crippen LogP contribution in [0.25, 0.3) is 0 Å². The molecule has 2 rings (SSSR count). The molecule has 0 fully saturated rings. The van der Waals surface area contributed by atoms with Crippen molar-refractivity contribution in [2.45, 2.75) is 37.5 Å². The first-order valence-corrected chi connectivity index (χ1v) is 11.7. The molecule has 0 aromatic heterocycles. The number of nitrogens with one attached hydrogen (secondary N) is 1. The Morgan fingerprint density at radius 3 is 2.34 bits per heavy atom. The second-order valence-electron chi connectivity index (χ2n) is 6.82. The summed E-state index contributed by atoms with van der Waals surface area (Å²) >= 11 is 3.45. The molecule has 0 spiro atoms. The van der Waals surface area contributed by atoms with E-state index in [1.54, 1.807) is 30.3 Å². The zero-order chi connectivity index (χ0) is 21.4. The van der Waals surface area contributed by atoms with Crippen LogP contribution in [0.4, 0.5) is 5.69 Å². The molecule has 1 N–H and O–H groups in total. The smallest absolute Gasteiger partial charge is 0.255 e. The molecule has 0 aliphatic heterocycles. The van der Waals surface area contributed by atoms with Crippen molar-refractivity contribution in [3.8, 4) is 5.75 Å².